The normalized spacial score (nSPS) is 11.4. The second-order valence-electron chi connectivity index (χ2n) is 5.57. The number of hydrogen-bond donors (Lipinski definition) is 1. The SMILES string of the molecule is CC(C)(C)OC(=O)NCc1cc(=O)c2cc(Br)ccc2o1. The molecule has 0 bridgehead atoms. The maximum atomic E-state index is 12.0. The first kappa shape index (κ1) is 15.6. The van der Waals surface area contributed by atoms with Crippen LogP contribution in [-0.2, 0) is 11.3 Å². The van der Waals surface area contributed by atoms with E-state index in [4.69, 9.17) is 9.15 Å². The zero-order valence-electron chi connectivity index (χ0n) is 12.0. The summed E-state index contributed by atoms with van der Waals surface area (Å²) in [5.41, 5.74) is -0.245. The summed E-state index contributed by atoms with van der Waals surface area (Å²) in [6.07, 6.45) is -0.555. The Bertz CT molecular complexity index is 731. The van der Waals surface area contributed by atoms with Crippen molar-refractivity contribution in [1.82, 2.24) is 5.32 Å². The van der Waals surface area contributed by atoms with Crippen LogP contribution in [0.25, 0.3) is 11.0 Å². The van der Waals surface area contributed by atoms with Crippen molar-refractivity contribution < 1.29 is 13.9 Å². The molecule has 1 heterocycles. The van der Waals surface area contributed by atoms with Crippen molar-refractivity contribution in [3.63, 3.8) is 0 Å². The van der Waals surface area contributed by atoms with Crippen LogP contribution in [0.4, 0.5) is 4.79 Å². The van der Waals surface area contributed by atoms with Gasteiger partial charge < -0.3 is 14.5 Å². The molecule has 1 N–H and O–H groups in total. The lowest BCUT2D eigenvalue weighted by molar-refractivity contribution is 0.0520. The number of fused-ring (bicyclic) bond motifs is 1. The Morgan fingerprint density at radius 3 is 2.71 bits per heavy atom. The highest BCUT2D eigenvalue weighted by Crippen LogP contribution is 2.18. The van der Waals surface area contributed by atoms with E-state index >= 15 is 0 Å². The first-order chi connectivity index (χ1) is 9.74. The lowest BCUT2D eigenvalue weighted by atomic mass is 10.2. The first-order valence-corrected chi connectivity index (χ1v) is 7.23. The number of carbonyl (C=O) groups is 1. The van der Waals surface area contributed by atoms with Gasteiger partial charge in [0.15, 0.2) is 5.43 Å². The zero-order chi connectivity index (χ0) is 15.6. The average Bonchev–Trinajstić information content (AvgIpc) is 2.35. The topological polar surface area (TPSA) is 68.5 Å². The molecule has 0 aliphatic heterocycles. The summed E-state index contributed by atoms with van der Waals surface area (Å²) < 4.78 is 11.5. The Balaban J connectivity index is 2.15. The standard InChI is InChI=1S/C15H16BrNO4/c1-15(2,3)21-14(19)17-8-10-7-12(18)11-6-9(16)4-5-13(11)20-10/h4-7H,8H2,1-3H3,(H,17,19). The predicted octanol–water partition coefficient (Wildman–Crippen LogP) is 3.58. The van der Waals surface area contributed by atoms with Crippen LogP contribution in [0.15, 0.2) is 37.9 Å². The minimum Gasteiger partial charge on any atom is -0.459 e. The Kier molecular flexibility index (Phi) is 4.37. The van der Waals surface area contributed by atoms with E-state index in [1.165, 1.54) is 6.07 Å². The fraction of sp³-hybridized carbons (Fsp3) is 0.333. The molecule has 5 nitrogen and oxygen atoms in total. The van der Waals surface area contributed by atoms with Crippen molar-refractivity contribution in [3.05, 3.63) is 44.7 Å². The molecule has 1 amide bonds. The lowest BCUT2D eigenvalue weighted by Crippen LogP contribution is -2.32. The minimum absolute atomic E-state index is 0.0934. The molecular weight excluding hydrogens is 338 g/mol. The van der Waals surface area contributed by atoms with Crippen LogP contribution in [0.1, 0.15) is 26.5 Å². The van der Waals surface area contributed by atoms with Gasteiger partial charge in [-0.2, -0.15) is 0 Å². The van der Waals surface area contributed by atoms with Crippen molar-refractivity contribution in [2.75, 3.05) is 0 Å². The Hall–Kier alpha value is -1.82. The summed E-state index contributed by atoms with van der Waals surface area (Å²) >= 11 is 3.31. The highest BCUT2D eigenvalue weighted by Gasteiger charge is 2.16. The van der Waals surface area contributed by atoms with Crippen molar-refractivity contribution in [2.45, 2.75) is 32.9 Å². The van der Waals surface area contributed by atoms with E-state index in [-0.39, 0.29) is 12.0 Å². The quantitative estimate of drug-likeness (QED) is 0.895. The summed E-state index contributed by atoms with van der Waals surface area (Å²) in [4.78, 5) is 23.6. The lowest BCUT2D eigenvalue weighted by Gasteiger charge is -2.19. The highest BCUT2D eigenvalue weighted by atomic mass is 79.9. The number of rotatable bonds is 2. The number of halogens is 1. The van der Waals surface area contributed by atoms with Crippen molar-refractivity contribution >= 4 is 33.0 Å². The maximum absolute atomic E-state index is 12.0. The number of nitrogens with one attached hydrogen (secondary N) is 1. The van der Waals surface area contributed by atoms with E-state index < -0.39 is 11.7 Å². The molecule has 0 spiro atoms. The molecule has 0 atom stereocenters. The number of amides is 1. The van der Waals surface area contributed by atoms with Gasteiger partial charge in [-0.3, -0.25) is 4.79 Å². The molecule has 6 heteroatoms. The van der Waals surface area contributed by atoms with Crippen molar-refractivity contribution in [1.29, 1.82) is 0 Å². The third-order valence-electron chi connectivity index (χ3n) is 2.55. The van der Waals surface area contributed by atoms with Crippen LogP contribution in [0.5, 0.6) is 0 Å². The monoisotopic (exact) mass is 353 g/mol. The summed E-state index contributed by atoms with van der Waals surface area (Å²) in [5, 5.41) is 3.05. The number of ether oxygens (including phenoxy) is 1. The Morgan fingerprint density at radius 1 is 1.33 bits per heavy atom. The number of carbonyl (C=O) groups excluding carboxylic acids is 1. The molecule has 0 saturated carbocycles. The summed E-state index contributed by atoms with van der Waals surface area (Å²) in [7, 11) is 0. The molecule has 0 aliphatic carbocycles. The van der Waals surface area contributed by atoms with E-state index in [0.717, 1.165) is 4.47 Å². The van der Waals surface area contributed by atoms with Gasteiger partial charge >= 0.3 is 6.09 Å². The van der Waals surface area contributed by atoms with Gasteiger partial charge in [-0.25, -0.2) is 4.79 Å². The minimum atomic E-state index is -0.569. The van der Waals surface area contributed by atoms with Crippen LogP contribution in [-0.4, -0.2) is 11.7 Å². The molecule has 0 unspecified atom stereocenters. The van der Waals surface area contributed by atoms with Gasteiger partial charge in [0.1, 0.15) is 16.9 Å². The van der Waals surface area contributed by atoms with Gasteiger partial charge in [-0.05, 0) is 39.0 Å². The Morgan fingerprint density at radius 2 is 2.05 bits per heavy atom. The van der Waals surface area contributed by atoms with E-state index in [1.807, 2.05) is 0 Å². The van der Waals surface area contributed by atoms with Crippen LogP contribution in [0, 0.1) is 0 Å². The molecule has 0 aliphatic rings. The number of alkyl carbamates (subject to hydrolysis) is 1. The molecule has 0 radical (unpaired) electrons. The van der Waals surface area contributed by atoms with Gasteiger partial charge in [0, 0.05) is 10.5 Å². The van der Waals surface area contributed by atoms with E-state index in [1.54, 1.807) is 39.0 Å². The predicted molar refractivity (Wildman–Crippen MR) is 83.3 cm³/mol. The van der Waals surface area contributed by atoms with Crippen LogP contribution in [0.2, 0.25) is 0 Å². The van der Waals surface area contributed by atoms with Gasteiger partial charge in [0.2, 0.25) is 0 Å². The fourth-order valence-electron chi connectivity index (χ4n) is 1.74. The smallest absolute Gasteiger partial charge is 0.408 e. The van der Waals surface area contributed by atoms with Crippen LogP contribution < -0.4 is 10.7 Å². The zero-order valence-corrected chi connectivity index (χ0v) is 13.6. The molecule has 2 aromatic rings. The van der Waals surface area contributed by atoms with E-state index in [0.29, 0.717) is 16.7 Å². The summed E-state index contributed by atoms with van der Waals surface area (Å²) in [6, 6.07) is 6.56. The molecule has 1 aromatic carbocycles. The van der Waals surface area contributed by atoms with Gasteiger partial charge in [-0.15, -0.1) is 0 Å². The third kappa shape index (κ3) is 4.32. The molecule has 21 heavy (non-hydrogen) atoms. The molecule has 0 saturated heterocycles. The second-order valence-corrected chi connectivity index (χ2v) is 6.49. The second kappa shape index (κ2) is 5.89. The first-order valence-electron chi connectivity index (χ1n) is 6.44. The summed E-state index contributed by atoms with van der Waals surface area (Å²) in [5.74, 6) is 0.376. The Labute approximate surface area is 130 Å². The molecule has 1 aromatic heterocycles. The molecular formula is C15H16BrNO4. The maximum Gasteiger partial charge on any atom is 0.408 e. The van der Waals surface area contributed by atoms with Crippen molar-refractivity contribution in [2.24, 2.45) is 0 Å². The molecule has 2 rings (SSSR count). The van der Waals surface area contributed by atoms with Gasteiger partial charge in [0.25, 0.3) is 0 Å². The number of hydrogen-bond acceptors (Lipinski definition) is 4. The highest BCUT2D eigenvalue weighted by molar-refractivity contribution is 9.10. The number of benzene rings is 1. The van der Waals surface area contributed by atoms with Gasteiger partial charge in [-0.1, -0.05) is 15.9 Å². The van der Waals surface area contributed by atoms with Crippen LogP contribution in [0.3, 0.4) is 0 Å². The fourth-order valence-corrected chi connectivity index (χ4v) is 2.10. The largest absolute Gasteiger partial charge is 0.459 e. The summed E-state index contributed by atoms with van der Waals surface area (Å²) in [6.45, 7) is 5.43. The van der Waals surface area contributed by atoms with Gasteiger partial charge in [0.05, 0.1) is 11.9 Å². The van der Waals surface area contributed by atoms with E-state index in [2.05, 4.69) is 21.2 Å². The van der Waals surface area contributed by atoms with E-state index in [9.17, 15) is 9.59 Å². The third-order valence-corrected chi connectivity index (χ3v) is 3.04. The molecule has 112 valence electrons. The van der Waals surface area contributed by atoms with Crippen LogP contribution >= 0.6 is 15.9 Å². The van der Waals surface area contributed by atoms with Crippen molar-refractivity contribution in [3.8, 4) is 0 Å². The molecule has 0 fully saturated rings. The average molecular weight is 354 g/mol.